The normalized spacial score (nSPS) is 18.0. The van der Waals surface area contributed by atoms with E-state index in [-0.39, 0.29) is 0 Å². The van der Waals surface area contributed by atoms with Crippen molar-refractivity contribution < 1.29 is 4.74 Å². The van der Waals surface area contributed by atoms with Crippen LogP contribution < -0.4 is 10.1 Å². The van der Waals surface area contributed by atoms with Crippen molar-refractivity contribution in [2.45, 2.75) is 45.6 Å². The molecule has 0 amide bonds. The molecule has 0 bridgehead atoms. The van der Waals surface area contributed by atoms with Gasteiger partial charge in [-0.15, -0.1) is 0 Å². The topological polar surface area (TPSA) is 21.3 Å². The SMILES string of the molecule is CC(CCCOc1ccccc1)C(C)CNC1CC1. The summed E-state index contributed by atoms with van der Waals surface area (Å²) in [5.74, 6) is 2.52. The maximum Gasteiger partial charge on any atom is 0.119 e. The molecule has 2 nitrogen and oxygen atoms in total. The van der Waals surface area contributed by atoms with Gasteiger partial charge in [0.2, 0.25) is 0 Å². The van der Waals surface area contributed by atoms with E-state index in [4.69, 9.17) is 4.74 Å². The van der Waals surface area contributed by atoms with Gasteiger partial charge in [0.1, 0.15) is 5.75 Å². The minimum Gasteiger partial charge on any atom is -0.494 e. The molecular weight excluding hydrogens is 234 g/mol. The fourth-order valence-electron chi connectivity index (χ4n) is 2.24. The minimum atomic E-state index is 0.761. The highest BCUT2D eigenvalue weighted by molar-refractivity contribution is 5.20. The van der Waals surface area contributed by atoms with Gasteiger partial charge in [-0.05, 0) is 56.2 Å². The van der Waals surface area contributed by atoms with E-state index in [1.165, 1.54) is 25.8 Å². The number of hydrogen-bond acceptors (Lipinski definition) is 2. The van der Waals surface area contributed by atoms with Crippen LogP contribution in [0.15, 0.2) is 30.3 Å². The molecule has 106 valence electrons. The van der Waals surface area contributed by atoms with Gasteiger partial charge in [-0.2, -0.15) is 0 Å². The van der Waals surface area contributed by atoms with Crippen LogP contribution in [0.4, 0.5) is 0 Å². The number of nitrogens with one attached hydrogen (secondary N) is 1. The van der Waals surface area contributed by atoms with Gasteiger partial charge in [0, 0.05) is 6.04 Å². The van der Waals surface area contributed by atoms with Gasteiger partial charge in [-0.3, -0.25) is 0 Å². The molecule has 0 saturated heterocycles. The van der Waals surface area contributed by atoms with Crippen molar-refractivity contribution in [1.29, 1.82) is 0 Å². The summed E-state index contributed by atoms with van der Waals surface area (Å²) >= 11 is 0. The second-order valence-electron chi connectivity index (χ2n) is 5.94. The first kappa shape index (κ1) is 14.4. The smallest absolute Gasteiger partial charge is 0.119 e. The number of hydrogen-bond donors (Lipinski definition) is 1. The van der Waals surface area contributed by atoms with Crippen molar-refractivity contribution >= 4 is 0 Å². The average Bonchev–Trinajstić information content (AvgIpc) is 3.26. The van der Waals surface area contributed by atoms with Crippen LogP contribution in [0.5, 0.6) is 5.75 Å². The molecule has 0 spiro atoms. The molecule has 19 heavy (non-hydrogen) atoms. The number of benzene rings is 1. The lowest BCUT2D eigenvalue weighted by Crippen LogP contribution is -2.27. The van der Waals surface area contributed by atoms with Crippen LogP contribution in [0, 0.1) is 11.8 Å². The molecule has 0 aliphatic heterocycles. The van der Waals surface area contributed by atoms with Gasteiger partial charge in [0.05, 0.1) is 6.61 Å². The summed E-state index contributed by atoms with van der Waals surface area (Å²) in [6.07, 6.45) is 5.15. The lowest BCUT2D eigenvalue weighted by Gasteiger charge is -2.20. The Kier molecular flexibility index (Phi) is 5.71. The van der Waals surface area contributed by atoms with E-state index in [2.05, 4.69) is 19.2 Å². The molecule has 1 aromatic carbocycles. The molecule has 1 N–H and O–H groups in total. The van der Waals surface area contributed by atoms with Crippen molar-refractivity contribution in [2.75, 3.05) is 13.2 Å². The minimum absolute atomic E-state index is 0.761. The Morgan fingerprint density at radius 2 is 1.89 bits per heavy atom. The van der Waals surface area contributed by atoms with E-state index in [0.717, 1.165) is 36.7 Å². The first-order valence-electron chi connectivity index (χ1n) is 7.67. The van der Waals surface area contributed by atoms with Gasteiger partial charge in [-0.1, -0.05) is 32.0 Å². The molecule has 2 rings (SSSR count). The summed E-state index contributed by atoms with van der Waals surface area (Å²) in [5, 5.41) is 3.62. The molecule has 0 heterocycles. The number of para-hydroxylation sites is 1. The van der Waals surface area contributed by atoms with Crippen molar-refractivity contribution in [1.82, 2.24) is 5.32 Å². The van der Waals surface area contributed by atoms with Gasteiger partial charge in [0.25, 0.3) is 0 Å². The molecule has 1 aliphatic rings. The second kappa shape index (κ2) is 7.54. The van der Waals surface area contributed by atoms with Gasteiger partial charge in [-0.25, -0.2) is 0 Å². The molecular formula is C17H27NO. The first-order chi connectivity index (χ1) is 9.25. The van der Waals surface area contributed by atoms with E-state index in [1.54, 1.807) is 0 Å². The molecule has 1 aliphatic carbocycles. The van der Waals surface area contributed by atoms with Crippen LogP contribution in [0.3, 0.4) is 0 Å². The Bertz CT molecular complexity index is 348. The Hall–Kier alpha value is -1.02. The van der Waals surface area contributed by atoms with Gasteiger partial charge >= 0.3 is 0 Å². The summed E-state index contributed by atoms with van der Waals surface area (Å²) < 4.78 is 5.73. The maximum absolute atomic E-state index is 5.73. The predicted octanol–water partition coefficient (Wildman–Crippen LogP) is 3.87. The average molecular weight is 261 g/mol. The summed E-state index contributed by atoms with van der Waals surface area (Å²) in [5.41, 5.74) is 0. The molecule has 2 atom stereocenters. The third-order valence-corrected chi connectivity index (χ3v) is 4.09. The quantitative estimate of drug-likeness (QED) is 0.681. The van der Waals surface area contributed by atoms with Crippen LogP contribution in [0.1, 0.15) is 39.5 Å². The van der Waals surface area contributed by atoms with E-state index in [1.807, 2.05) is 30.3 Å². The lowest BCUT2D eigenvalue weighted by atomic mass is 9.91. The molecule has 0 aromatic heterocycles. The lowest BCUT2D eigenvalue weighted by molar-refractivity contribution is 0.272. The highest BCUT2D eigenvalue weighted by atomic mass is 16.5. The van der Waals surface area contributed by atoms with Crippen LogP contribution in [-0.2, 0) is 0 Å². The highest BCUT2D eigenvalue weighted by Gasteiger charge is 2.22. The summed E-state index contributed by atoms with van der Waals surface area (Å²) in [4.78, 5) is 0. The predicted molar refractivity (Wildman–Crippen MR) is 80.5 cm³/mol. The van der Waals surface area contributed by atoms with E-state index >= 15 is 0 Å². The van der Waals surface area contributed by atoms with Gasteiger partial charge < -0.3 is 10.1 Å². The third kappa shape index (κ3) is 5.65. The Balaban J connectivity index is 1.54. The fraction of sp³-hybridized carbons (Fsp3) is 0.647. The Labute approximate surface area is 117 Å². The van der Waals surface area contributed by atoms with Crippen molar-refractivity contribution in [3.05, 3.63) is 30.3 Å². The summed E-state index contributed by atoms with van der Waals surface area (Å²) in [6.45, 7) is 6.72. The maximum atomic E-state index is 5.73. The molecule has 1 saturated carbocycles. The Morgan fingerprint density at radius 3 is 2.58 bits per heavy atom. The summed E-state index contributed by atoms with van der Waals surface area (Å²) in [6, 6.07) is 10.9. The zero-order valence-corrected chi connectivity index (χ0v) is 12.3. The standard InChI is InChI=1S/C17H27NO/c1-14(15(2)13-18-16-10-11-16)7-6-12-19-17-8-4-3-5-9-17/h3-5,8-9,14-16,18H,6-7,10-13H2,1-2H3. The molecule has 0 radical (unpaired) electrons. The van der Waals surface area contributed by atoms with E-state index in [0.29, 0.717) is 0 Å². The van der Waals surface area contributed by atoms with Gasteiger partial charge in [0.15, 0.2) is 0 Å². The fourth-order valence-corrected chi connectivity index (χ4v) is 2.24. The molecule has 1 aromatic rings. The van der Waals surface area contributed by atoms with E-state index < -0.39 is 0 Å². The van der Waals surface area contributed by atoms with Crippen molar-refractivity contribution in [3.8, 4) is 5.75 Å². The highest BCUT2D eigenvalue weighted by Crippen LogP contribution is 2.21. The largest absolute Gasteiger partial charge is 0.494 e. The monoisotopic (exact) mass is 261 g/mol. The van der Waals surface area contributed by atoms with Crippen molar-refractivity contribution in [2.24, 2.45) is 11.8 Å². The molecule has 2 unspecified atom stereocenters. The van der Waals surface area contributed by atoms with E-state index in [9.17, 15) is 0 Å². The number of rotatable bonds is 9. The summed E-state index contributed by atoms with van der Waals surface area (Å²) in [7, 11) is 0. The zero-order chi connectivity index (χ0) is 13.5. The van der Waals surface area contributed by atoms with Crippen LogP contribution in [-0.4, -0.2) is 19.2 Å². The van der Waals surface area contributed by atoms with Crippen LogP contribution >= 0.6 is 0 Å². The molecule has 1 fully saturated rings. The van der Waals surface area contributed by atoms with Crippen LogP contribution in [0.25, 0.3) is 0 Å². The van der Waals surface area contributed by atoms with Crippen molar-refractivity contribution in [3.63, 3.8) is 0 Å². The molecule has 2 heteroatoms. The zero-order valence-electron chi connectivity index (χ0n) is 12.3. The second-order valence-corrected chi connectivity index (χ2v) is 5.94. The van der Waals surface area contributed by atoms with Crippen LogP contribution in [0.2, 0.25) is 0 Å². The number of ether oxygens (including phenoxy) is 1. The third-order valence-electron chi connectivity index (χ3n) is 4.09. The first-order valence-corrected chi connectivity index (χ1v) is 7.67. The Morgan fingerprint density at radius 1 is 1.16 bits per heavy atom.